The minimum atomic E-state index is -0.293. The summed E-state index contributed by atoms with van der Waals surface area (Å²) in [6, 6.07) is 0.139. The number of carbonyl (C=O) groups is 1. The van der Waals surface area contributed by atoms with Gasteiger partial charge in [-0.1, -0.05) is 13.8 Å². The second kappa shape index (κ2) is 7.51. The number of carbonyl (C=O) groups excluding carboxylic acids is 1. The van der Waals surface area contributed by atoms with E-state index in [1.165, 1.54) is 7.11 Å². The lowest BCUT2D eigenvalue weighted by atomic mass is 10.2. The predicted molar refractivity (Wildman–Crippen MR) is 59.9 cm³/mol. The summed E-state index contributed by atoms with van der Waals surface area (Å²) in [4.78, 5) is 13.0. The van der Waals surface area contributed by atoms with Crippen molar-refractivity contribution in [2.24, 2.45) is 5.92 Å². The Bertz CT molecular complexity index is 181. The van der Waals surface area contributed by atoms with E-state index in [9.17, 15) is 4.79 Å². The number of hydrogen-bond acceptors (Lipinski definition) is 3. The van der Waals surface area contributed by atoms with Gasteiger partial charge in [0.05, 0.1) is 13.7 Å². The summed E-state index contributed by atoms with van der Waals surface area (Å²) >= 11 is 0. The summed E-state index contributed by atoms with van der Waals surface area (Å²) in [5, 5.41) is 0. The van der Waals surface area contributed by atoms with E-state index in [-0.39, 0.29) is 12.1 Å². The number of methoxy groups -OCH3 is 1. The maximum Gasteiger partial charge on any atom is 0.409 e. The van der Waals surface area contributed by atoms with Gasteiger partial charge in [0.2, 0.25) is 0 Å². The minimum absolute atomic E-state index is 0.139. The van der Waals surface area contributed by atoms with Crippen LogP contribution in [0.3, 0.4) is 0 Å². The third-order valence-electron chi connectivity index (χ3n) is 1.96. The molecule has 0 aliphatic carbocycles. The zero-order valence-electron chi connectivity index (χ0n) is 10.4. The Morgan fingerprint density at radius 2 is 1.87 bits per heavy atom. The van der Waals surface area contributed by atoms with Crippen LogP contribution in [-0.2, 0) is 9.47 Å². The van der Waals surface area contributed by atoms with Crippen molar-refractivity contribution in [2.45, 2.75) is 33.7 Å². The van der Waals surface area contributed by atoms with E-state index in [4.69, 9.17) is 4.74 Å². The van der Waals surface area contributed by atoms with E-state index in [0.717, 1.165) is 6.61 Å². The molecule has 0 fully saturated rings. The largest absolute Gasteiger partial charge is 0.453 e. The number of ether oxygens (including phenoxy) is 2. The number of nitrogens with zero attached hydrogens (tertiary/aromatic N) is 1. The van der Waals surface area contributed by atoms with Crippen molar-refractivity contribution < 1.29 is 14.3 Å². The van der Waals surface area contributed by atoms with E-state index < -0.39 is 0 Å². The summed E-state index contributed by atoms with van der Waals surface area (Å²) in [7, 11) is 1.40. The van der Waals surface area contributed by atoms with Crippen LogP contribution in [0.1, 0.15) is 27.7 Å². The lowest BCUT2D eigenvalue weighted by Crippen LogP contribution is -2.39. The van der Waals surface area contributed by atoms with Crippen molar-refractivity contribution in [1.29, 1.82) is 0 Å². The lowest BCUT2D eigenvalue weighted by molar-refractivity contribution is 0.0658. The molecule has 0 aromatic carbocycles. The lowest BCUT2D eigenvalue weighted by Gasteiger charge is -2.25. The molecule has 0 aromatic rings. The maximum absolute atomic E-state index is 11.3. The number of amides is 1. The topological polar surface area (TPSA) is 38.8 Å². The summed E-state index contributed by atoms with van der Waals surface area (Å²) in [6.45, 7) is 9.98. The number of rotatable bonds is 6. The molecule has 0 aliphatic rings. The zero-order chi connectivity index (χ0) is 11.8. The first-order chi connectivity index (χ1) is 6.99. The van der Waals surface area contributed by atoms with Crippen LogP contribution in [0.15, 0.2) is 0 Å². The average Bonchev–Trinajstić information content (AvgIpc) is 2.15. The van der Waals surface area contributed by atoms with Gasteiger partial charge in [-0.15, -0.1) is 0 Å². The zero-order valence-corrected chi connectivity index (χ0v) is 10.4. The van der Waals surface area contributed by atoms with E-state index >= 15 is 0 Å². The molecule has 1 amide bonds. The highest BCUT2D eigenvalue weighted by Gasteiger charge is 2.16. The molecule has 0 rings (SSSR count). The fourth-order valence-corrected chi connectivity index (χ4v) is 1.16. The standard InChI is InChI=1S/C11H23NO3/c1-9(2)8-15-7-6-12(10(3)4)11(13)14-5/h9-10H,6-8H2,1-5H3. The molecule has 0 saturated carbocycles. The molecule has 4 heteroatoms. The van der Waals surface area contributed by atoms with Gasteiger partial charge in [0.25, 0.3) is 0 Å². The Morgan fingerprint density at radius 1 is 1.27 bits per heavy atom. The molecule has 0 bridgehead atoms. The summed E-state index contributed by atoms with van der Waals surface area (Å²) in [5.41, 5.74) is 0. The van der Waals surface area contributed by atoms with Crippen molar-refractivity contribution in [2.75, 3.05) is 26.9 Å². The van der Waals surface area contributed by atoms with Crippen molar-refractivity contribution in [1.82, 2.24) is 4.90 Å². The van der Waals surface area contributed by atoms with Gasteiger partial charge in [-0.25, -0.2) is 4.79 Å². The Morgan fingerprint density at radius 3 is 2.27 bits per heavy atom. The van der Waals surface area contributed by atoms with Gasteiger partial charge in [0.1, 0.15) is 0 Å². The summed E-state index contributed by atoms with van der Waals surface area (Å²) < 4.78 is 10.1. The molecule has 0 heterocycles. The van der Waals surface area contributed by atoms with Crippen LogP contribution in [0, 0.1) is 5.92 Å². The van der Waals surface area contributed by atoms with Crippen molar-refractivity contribution >= 4 is 6.09 Å². The SMILES string of the molecule is COC(=O)N(CCOCC(C)C)C(C)C. The van der Waals surface area contributed by atoms with E-state index in [0.29, 0.717) is 19.1 Å². The average molecular weight is 217 g/mol. The Balaban J connectivity index is 3.82. The van der Waals surface area contributed by atoms with Crippen LogP contribution >= 0.6 is 0 Å². The van der Waals surface area contributed by atoms with Gasteiger partial charge >= 0.3 is 6.09 Å². The summed E-state index contributed by atoms with van der Waals surface area (Å²) in [6.07, 6.45) is -0.293. The molecule has 0 aromatic heterocycles. The smallest absolute Gasteiger partial charge is 0.409 e. The van der Waals surface area contributed by atoms with Gasteiger partial charge < -0.3 is 14.4 Å². The van der Waals surface area contributed by atoms with Gasteiger partial charge in [-0.3, -0.25) is 0 Å². The van der Waals surface area contributed by atoms with Crippen molar-refractivity contribution in [3.8, 4) is 0 Å². The van der Waals surface area contributed by atoms with Gasteiger partial charge in [-0.2, -0.15) is 0 Å². The molecule has 0 unspecified atom stereocenters. The predicted octanol–water partition coefficient (Wildman–Crippen LogP) is 2.14. The first-order valence-corrected chi connectivity index (χ1v) is 5.41. The summed E-state index contributed by atoms with van der Waals surface area (Å²) in [5.74, 6) is 0.524. The molecule has 0 radical (unpaired) electrons. The van der Waals surface area contributed by atoms with Gasteiger partial charge in [0, 0.05) is 19.2 Å². The molecular formula is C11H23NO3. The molecule has 4 nitrogen and oxygen atoms in total. The van der Waals surface area contributed by atoms with Crippen molar-refractivity contribution in [3.63, 3.8) is 0 Å². The molecular weight excluding hydrogens is 194 g/mol. The fourth-order valence-electron chi connectivity index (χ4n) is 1.16. The van der Waals surface area contributed by atoms with E-state index in [2.05, 4.69) is 18.6 Å². The number of hydrogen-bond donors (Lipinski definition) is 0. The fraction of sp³-hybridized carbons (Fsp3) is 0.909. The monoisotopic (exact) mass is 217 g/mol. The Kier molecular flexibility index (Phi) is 7.13. The molecule has 0 spiro atoms. The van der Waals surface area contributed by atoms with Crippen LogP contribution in [-0.4, -0.2) is 43.9 Å². The van der Waals surface area contributed by atoms with Crippen LogP contribution < -0.4 is 0 Å². The van der Waals surface area contributed by atoms with Crippen LogP contribution in [0.4, 0.5) is 4.79 Å². The quantitative estimate of drug-likeness (QED) is 0.640. The first-order valence-electron chi connectivity index (χ1n) is 5.41. The molecule has 0 saturated heterocycles. The minimum Gasteiger partial charge on any atom is -0.453 e. The van der Waals surface area contributed by atoms with Crippen LogP contribution in [0.2, 0.25) is 0 Å². The maximum atomic E-state index is 11.3. The molecule has 90 valence electrons. The highest BCUT2D eigenvalue weighted by atomic mass is 16.5. The second-order valence-corrected chi connectivity index (χ2v) is 4.23. The Hall–Kier alpha value is -0.770. The third-order valence-corrected chi connectivity index (χ3v) is 1.96. The van der Waals surface area contributed by atoms with E-state index in [1.807, 2.05) is 13.8 Å². The van der Waals surface area contributed by atoms with Crippen LogP contribution in [0.25, 0.3) is 0 Å². The highest BCUT2D eigenvalue weighted by Crippen LogP contribution is 2.01. The second-order valence-electron chi connectivity index (χ2n) is 4.23. The Labute approximate surface area is 92.5 Å². The van der Waals surface area contributed by atoms with E-state index in [1.54, 1.807) is 4.90 Å². The third kappa shape index (κ3) is 6.33. The first kappa shape index (κ1) is 14.2. The molecule has 0 N–H and O–H groups in total. The molecule has 15 heavy (non-hydrogen) atoms. The highest BCUT2D eigenvalue weighted by molar-refractivity contribution is 5.67. The molecule has 0 aliphatic heterocycles. The van der Waals surface area contributed by atoms with Gasteiger partial charge in [0.15, 0.2) is 0 Å². The van der Waals surface area contributed by atoms with Crippen molar-refractivity contribution in [3.05, 3.63) is 0 Å². The normalized spacial score (nSPS) is 10.9. The van der Waals surface area contributed by atoms with Gasteiger partial charge in [-0.05, 0) is 19.8 Å². The molecule has 0 atom stereocenters. The van der Waals surface area contributed by atoms with Crippen LogP contribution in [0.5, 0.6) is 0 Å².